The molecule has 1 heterocycles. The molecule has 1 amide bonds. The number of halogens is 1. The molecule has 1 saturated carbocycles. The van der Waals surface area contributed by atoms with E-state index in [1.54, 1.807) is 20.8 Å². The Morgan fingerprint density at radius 3 is 2.44 bits per heavy atom. The van der Waals surface area contributed by atoms with Crippen LogP contribution in [0.15, 0.2) is 0 Å². The van der Waals surface area contributed by atoms with Crippen LogP contribution in [0.25, 0.3) is 0 Å². The smallest absolute Gasteiger partial charge is 0.411 e. The predicted octanol–water partition coefficient (Wildman–Crippen LogP) is 1.81. The molecule has 1 aliphatic carbocycles. The van der Waals surface area contributed by atoms with Crippen molar-refractivity contribution in [2.45, 2.75) is 57.5 Å². The fourth-order valence-electron chi connectivity index (χ4n) is 2.86. The second-order valence-corrected chi connectivity index (χ2v) is 5.98. The van der Waals surface area contributed by atoms with E-state index >= 15 is 0 Å². The Balaban J connectivity index is 2.17. The van der Waals surface area contributed by atoms with Crippen molar-refractivity contribution in [2.24, 2.45) is 5.92 Å². The average Bonchev–Trinajstić information content (AvgIpc) is 2.69. The number of alkyl halides is 1. The highest BCUT2D eigenvalue weighted by molar-refractivity contribution is 5.82. The third-order valence-corrected chi connectivity index (χ3v) is 3.46. The summed E-state index contributed by atoms with van der Waals surface area (Å²) in [7, 11) is 0. The maximum atomic E-state index is 13.6. The molecule has 4 atom stereocenters. The number of amides is 1. The van der Waals surface area contributed by atoms with Crippen molar-refractivity contribution >= 4 is 12.1 Å². The number of rotatable bonds is 1. The number of hydrogen-bond acceptors (Lipinski definition) is 3. The zero-order chi connectivity index (χ0) is 13.7. The fraction of sp³-hybridized carbons (Fsp3) is 0.833. The second-order valence-electron chi connectivity index (χ2n) is 5.98. The molecule has 2 fully saturated rings. The van der Waals surface area contributed by atoms with E-state index in [2.05, 4.69) is 0 Å². The van der Waals surface area contributed by atoms with Gasteiger partial charge >= 0.3 is 12.1 Å². The number of carboxylic acids is 1. The second kappa shape index (κ2) is 4.10. The van der Waals surface area contributed by atoms with E-state index in [1.807, 2.05) is 0 Å². The van der Waals surface area contributed by atoms with E-state index in [4.69, 9.17) is 9.84 Å². The van der Waals surface area contributed by atoms with Crippen molar-refractivity contribution in [1.82, 2.24) is 4.90 Å². The number of carbonyl (C=O) groups excluding carboxylic acids is 1. The average molecular weight is 259 g/mol. The molecule has 102 valence electrons. The van der Waals surface area contributed by atoms with Crippen LogP contribution >= 0.6 is 0 Å². The van der Waals surface area contributed by atoms with Gasteiger partial charge < -0.3 is 9.84 Å². The summed E-state index contributed by atoms with van der Waals surface area (Å²) in [6.45, 7) is 5.15. The van der Waals surface area contributed by atoms with Gasteiger partial charge in [0, 0.05) is 12.0 Å². The summed E-state index contributed by atoms with van der Waals surface area (Å²) < 4.78 is 18.8. The zero-order valence-electron chi connectivity index (χ0n) is 10.7. The first-order valence-electron chi connectivity index (χ1n) is 6.09. The lowest BCUT2D eigenvalue weighted by molar-refractivity contribution is -0.146. The molecule has 1 N–H and O–H groups in total. The third kappa shape index (κ3) is 2.15. The van der Waals surface area contributed by atoms with Gasteiger partial charge in [-0.3, -0.25) is 4.90 Å². The molecule has 2 bridgehead atoms. The van der Waals surface area contributed by atoms with Crippen LogP contribution < -0.4 is 0 Å². The van der Waals surface area contributed by atoms with Crippen molar-refractivity contribution in [2.75, 3.05) is 0 Å². The normalized spacial score (nSPS) is 34.8. The molecule has 0 aromatic carbocycles. The van der Waals surface area contributed by atoms with E-state index in [1.165, 1.54) is 4.90 Å². The van der Waals surface area contributed by atoms with Crippen LogP contribution in [0.5, 0.6) is 0 Å². The van der Waals surface area contributed by atoms with Gasteiger partial charge in [0.2, 0.25) is 0 Å². The lowest BCUT2D eigenvalue weighted by atomic mass is 9.97. The lowest BCUT2D eigenvalue weighted by Crippen LogP contribution is -2.53. The molecule has 0 radical (unpaired) electrons. The number of carbonyl (C=O) groups is 2. The highest BCUT2D eigenvalue weighted by atomic mass is 19.1. The van der Waals surface area contributed by atoms with Gasteiger partial charge in [-0.25, -0.2) is 14.0 Å². The van der Waals surface area contributed by atoms with Crippen molar-refractivity contribution in [1.29, 1.82) is 0 Å². The van der Waals surface area contributed by atoms with Gasteiger partial charge in [-0.15, -0.1) is 0 Å². The van der Waals surface area contributed by atoms with Crippen molar-refractivity contribution in [3.63, 3.8) is 0 Å². The maximum absolute atomic E-state index is 13.6. The summed E-state index contributed by atoms with van der Waals surface area (Å²) in [5.74, 6) is -1.75. The van der Waals surface area contributed by atoms with Crippen LogP contribution in [0.1, 0.15) is 33.6 Å². The minimum Gasteiger partial charge on any atom is -0.480 e. The van der Waals surface area contributed by atoms with E-state index in [0.29, 0.717) is 6.42 Å². The van der Waals surface area contributed by atoms with Gasteiger partial charge in [-0.1, -0.05) is 0 Å². The molecule has 2 unspecified atom stereocenters. The summed E-state index contributed by atoms with van der Waals surface area (Å²) in [5.41, 5.74) is -0.683. The van der Waals surface area contributed by atoms with Gasteiger partial charge in [0.05, 0.1) is 0 Å². The monoisotopic (exact) mass is 259 g/mol. The minimum absolute atomic E-state index is 0.216. The number of ether oxygens (including phenoxy) is 1. The first-order chi connectivity index (χ1) is 8.20. The number of likely N-dealkylation sites (tertiary alicyclic amines) is 1. The molecule has 0 aromatic heterocycles. The van der Waals surface area contributed by atoms with Crippen molar-refractivity contribution in [3.05, 3.63) is 0 Å². The molecule has 18 heavy (non-hydrogen) atoms. The molecule has 6 heteroatoms. The first kappa shape index (κ1) is 13.1. The molecule has 5 nitrogen and oxygen atoms in total. The molecule has 0 aromatic rings. The molecule has 2 aliphatic rings. The maximum Gasteiger partial charge on any atom is 0.411 e. The van der Waals surface area contributed by atoms with Crippen LogP contribution in [-0.4, -0.2) is 45.9 Å². The highest BCUT2D eigenvalue weighted by Gasteiger charge is 2.57. The first-order valence-corrected chi connectivity index (χ1v) is 6.09. The Morgan fingerprint density at radius 1 is 1.33 bits per heavy atom. The zero-order valence-corrected chi connectivity index (χ0v) is 10.7. The lowest BCUT2D eigenvalue weighted by Gasteiger charge is -2.35. The summed E-state index contributed by atoms with van der Waals surface area (Å²) in [5, 5.41) is 9.15. The number of aliphatic carboxylic acids is 1. The van der Waals surface area contributed by atoms with Crippen molar-refractivity contribution < 1.29 is 23.8 Å². The Labute approximate surface area is 105 Å². The minimum atomic E-state index is -1.16. The fourth-order valence-corrected chi connectivity index (χ4v) is 2.86. The largest absolute Gasteiger partial charge is 0.480 e. The van der Waals surface area contributed by atoms with E-state index in [9.17, 15) is 14.0 Å². The summed E-state index contributed by atoms with van der Waals surface area (Å²) >= 11 is 0. The van der Waals surface area contributed by atoms with Gasteiger partial charge in [0.15, 0.2) is 0 Å². The topological polar surface area (TPSA) is 66.8 Å². The van der Waals surface area contributed by atoms with Gasteiger partial charge in [-0.2, -0.15) is 0 Å². The highest BCUT2D eigenvalue weighted by Crippen LogP contribution is 2.44. The van der Waals surface area contributed by atoms with Crippen molar-refractivity contribution in [3.8, 4) is 0 Å². The Bertz CT molecular complexity index is 379. The molecule has 2 rings (SSSR count). The van der Waals surface area contributed by atoms with Gasteiger partial charge in [-0.05, 0) is 33.6 Å². The number of nitrogens with zero attached hydrogens (tertiary/aromatic N) is 1. The van der Waals surface area contributed by atoms with E-state index in [0.717, 1.165) is 0 Å². The summed E-state index contributed by atoms with van der Waals surface area (Å²) in [6.07, 6.45) is -1.16. The number of carboxylic acid groups (broad SMARTS) is 1. The Hall–Kier alpha value is -1.33. The van der Waals surface area contributed by atoms with Gasteiger partial charge in [0.25, 0.3) is 0 Å². The van der Waals surface area contributed by atoms with Crippen LogP contribution in [0, 0.1) is 5.92 Å². The predicted molar refractivity (Wildman–Crippen MR) is 60.9 cm³/mol. The van der Waals surface area contributed by atoms with Crippen LogP contribution in [-0.2, 0) is 9.53 Å². The third-order valence-electron chi connectivity index (χ3n) is 3.46. The van der Waals surface area contributed by atoms with E-state index < -0.39 is 35.8 Å². The summed E-state index contributed by atoms with van der Waals surface area (Å²) in [6, 6.07) is -1.44. The van der Waals surface area contributed by atoms with E-state index in [-0.39, 0.29) is 12.5 Å². The van der Waals surface area contributed by atoms with Crippen LogP contribution in [0.4, 0.5) is 9.18 Å². The standard InChI is InChI=1S/C12H18FNO4/c1-12(2,3)18-11(17)14-6-4-7(8(13)5-6)9(14)10(15)16/h6-9H,4-5H2,1-3H3,(H,15,16)/t6-,7+,8?,9?/m1/s1. The number of hydrogen-bond donors (Lipinski definition) is 1. The van der Waals surface area contributed by atoms with Gasteiger partial charge in [0.1, 0.15) is 17.8 Å². The molecule has 0 spiro atoms. The van der Waals surface area contributed by atoms with Crippen LogP contribution in [0.3, 0.4) is 0 Å². The SMILES string of the molecule is CC(C)(C)OC(=O)N1C(C(=O)O)[C@H]2C[C@@H]1CC2F. The Kier molecular flexibility index (Phi) is 2.99. The number of piperidine rings is 1. The molecule has 1 aliphatic heterocycles. The quantitative estimate of drug-likeness (QED) is 0.779. The number of fused-ring (bicyclic) bond motifs is 2. The molecular weight excluding hydrogens is 241 g/mol. The van der Waals surface area contributed by atoms with Crippen LogP contribution in [0.2, 0.25) is 0 Å². The molecular formula is C12H18FNO4. The Morgan fingerprint density at radius 2 is 1.94 bits per heavy atom. The molecule has 1 saturated heterocycles. The summed E-state index contributed by atoms with van der Waals surface area (Å²) in [4.78, 5) is 24.4.